The normalized spacial score (nSPS) is 17.7. The molecule has 338 valence electrons. The molecule has 4 aromatic rings. The number of nitrogens with zero attached hydrogens (tertiary/aromatic N) is 2. The number of amides is 1. The Morgan fingerprint density at radius 3 is 1.50 bits per heavy atom. The van der Waals surface area contributed by atoms with E-state index in [1.54, 1.807) is 30.3 Å². The highest BCUT2D eigenvalue weighted by molar-refractivity contribution is 6.30. The summed E-state index contributed by atoms with van der Waals surface area (Å²) in [4.78, 5) is 16.4. The summed E-state index contributed by atoms with van der Waals surface area (Å²) in [6.45, 7) is 10.2. The van der Waals surface area contributed by atoms with Crippen LogP contribution in [-0.4, -0.2) is 85.9 Å². The summed E-state index contributed by atoms with van der Waals surface area (Å²) < 4.78 is 95.5. The number of hydrogen-bond donors (Lipinski definition) is 2. The molecule has 0 saturated carbocycles. The highest BCUT2D eigenvalue weighted by Crippen LogP contribution is 2.36. The van der Waals surface area contributed by atoms with Crippen LogP contribution in [0.5, 0.6) is 11.5 Å². The first-order valence-electron chi connectivity index (χ1n) is 20.7. The quantitative estimate of drug-likeness (QED) is 0.145. The minimum Gasteiger partial charge on any atom is -0.487 e. The number of ether oxygens (including phenoxy) is 3. The first kappa shape index (κ1) is 48.8. The number of benzene rings is 4. The van der Waals surface area contributed by atoms with Crippen LogP contribution in [0.3, 0.4) is 0 Å². The molecule has 0 aromatic heterocycles. The van der Waals surface area contributed by atoms with Crippen LogP contribution in [0.25, 0.3) is 0 Å². The molecule has 1 amide bonds. The van der Waals surface area contributed by atoms with Crippen molar-refractivity contribution < 1.29 is 45.3 Å². The van der Waals surface area contributed by atoms with E-state index in [1.807, 2.05) is 36.1 Å². The monoisotopic (exact) mass is 910 g/mol. The van der Waals surface area contributed by atoms with E-state index in [-0.39, 0.29) is 29.1 Å². The number of likely N-dealkylation sites (tertiary alicyclic amines) is 2. The van der Waals surface area contributed by atoms with Crippen molar-refractivity contribution in [2.75, 3.05) is 69.7 Å². The lowest BCUT2D eigenvalue weighted by Gasteiger charge is -2.39. The van der Waals surface area contributed by atoms with Crippen LogP contribution >= 0.6 is 23.2 Å². The number of alkyl halides is 6. The molecule has 3 aliphatic heterocycles. The van der Waals surface area contributed by atoms with Crippen molar-refractivity contribution in [2.45, 2.75) is 75.9 Å². The second kappa shape index (κ2) is 22.4. The van der Waals surface area contributed by atoms with E-state index in [4.69, 9.17) is 37.4 Å². The molecule has 2 N–H and O–H groups in total. The maximum atomic E-state index is 13.1. The Balaban J connectivity index is 0.000000210. The number of nitrogens with one attached hydrogen (secondary N) is 2. The van der Waals surface area contributed by atoms with Gasteiger partial charge in [-0.3, -0.25) is 9.69 Å². The third-order valence-electron chi connectivity index (χ3n) is 10.9. The molecule has 4 aromatic carbocycles. The predicted octanol–water partition coefficient (Wildman–Crippen LogP) is 11.7. The Morgan fingerprint density at radius 1 is 0.645 bits per heavy atom. The number of piperidine rings is 2. The van der Waals surface area contributed by atoms with Gasteiger partial charge in [-0.2, -0.15) is 26.3 Å². The zero-order chi connectivity index (χ0) is 44.8. The first-order valence-corrected chi connectivity index (χ1v) is 21.4. The van der Waals surface area contributed by atoms with Gasteiger partial charge in [0.1, 0.15) is 22.7 Å². The summed E-state index contributed by atoms with van der Waals surface area (Å²) in [5.74, 6) is 1.06. The molecule has 8 nitrogen and oxygen atoms in total. The predicted molar refractivity (Wildman–Crippen MR) is 232 cm³/mol. The second-order valence-corrected chi connectivity index (χ2v) is 16.9. The molecule has 3 fully saturated rings. The van der Waals surface area contributed by atoms with Gasteiger partial charge in [0.05, 0.1) is 23.4 Å². The Kier molecular flexibility index (Phi) is 17.7. The molecule has 0 radical (unpaired) electrons. The Labute approximate surface area is 369 Å². The third-order valence-corrected chi connectivity index (χ3v) is 11.4. The van der Waals surface area contributed by atoms with E-state index in [9.17, 15) is 31.1 Å². The van der Waals surface area contributed by atoms with Crippen LogP contribution in [0, 0.1) is 0 Å². The third kappa shape index (κ3) is 15.9. The van der Waals surface area contributed by atoms with Gasteiger partial charge in [0, 0.05) is 68.2 Å². The summed E-state index contributed by atoms with van der Waals surface area (Å²) in [7, 11) is 0. The lowest BCUT2D eigenvalue weighted by atomic mass is 9.93. The van der Waals surface area contributed by atoms with Crippen LogP contribution in [0.4, 0.5) is 37.7 Å². The maximum Gasteiger partial charge on any atom is 0.418 e. The van der Waals surface area contributed by atoms with Crippen LogP contribution in [0.15, 0.2) is 97.1 Å². The average molecular weight is 912 g/mol. The zero-order valence-electron chi connectivity index (χ0n) is 34.9. The summed E-state index contributed by atoms with van der Waals surface area (Å²) in [5.41, 5.74) is -2.20. The Morgan fingerprint density at radius 2 is 1.06 bits per heavy atom. The average Bonchev–Trinajstić information content (AvgIpc) is 3.82. The van der Waals surface area contributed by atoms with Crippen molar-refractivity contribution in [1.82, 2.24) is 9.80 Å². The van der Waals surface area contributed by atoms with Crippen molar-refractivity contribution in [2.24, 2.45) is 0 Å². The number of halogens is 8. The molecule has 0 aliphatic carbocycles. The molecule has 62 heavy (non-hydrogen) atoms. The molecule has 7 rings (SSSR count). The Hall–Kier alpha value is -4.21. The maximum absolute atomic E-state index is 13.1. The van der Waals surface area contributed by atoms with Gasteiger partial charge in [-0.1, -0.05) is 47.5 Å². The van der Waals surface area contributed by atoms with Crippen molar-refractivity contribution in [3.8, 4) is 11.5 Å². The Bertz CT molecular complexity index is 1980. The van der Waals surface area contributed by atoms with E-state index in [0.717, 1.165) is 62.8 Å². The number of anilines is 2. The van der Waals surface area contributed by atoms with Crippen LogP contribution < -0.4 is 20.1 Å². The fraction of sp³-hybridized carbons (Fsp3) is 0.457. The smallest absolute Gasteiger partial charge is 0.418 e. The van der Waals surface area contributed by atoms with Gasteiger partial charge in [0.25, 0.3) is 0 Å². The topological polar surface area (TPSA) is 75.3 Å². The van der Waals surface area contributed by atoms with Crippen molar-refractivity contribution in [3.05, 3.63) is 118 Å². The largest absolute Gasteiger partial charge is 0.487 e. The van der Waals surface area contributed by atoms with Crippen molar-refractivity contribution in [3.63, 3.8) is 0 Å². The SMILES string of the molecule is C1CCOC1.CC1(Oc2ccc(Cl)cc2)CCN(CC(=O)Nc2ccccc2C(F)(F)F)CC1.CC1(Oc2ccc(Cl)cc2)CCN(CCNc2ccccc2C(F)(F)F)CC1. The van der Waals surface area contributed by atoms with E-state index >= 15 is 0 Å². The molecule has 3 aliphatic rings. The molecule has 0 unspecified atom stereocenters. The molecule has 0 bridgehead atoms. The van der Waals surface area contributed by atoms with Crippen LogP contribution in [-0.2, 0) is 21.9 Å². The fourth-order valence-electron chi connectivity index (χ4n) is 7.19. The molecular weight excluding hydrogens is 857 g/mol. The lowest BCUT2D eigenvalue weighted by molar-refractivity contribution is -0.137. The van der Waals surface area contributed by atoms with E-state index in [2.05, 4.69) is 22.5 Å². The highest BCUT2D eigenvalue weighted by Gasteiger charge is 2.36. The van der Waals surface area contributed by atoms with Crippen LogP contribution in [0.2, 0.25) is 10.0 Å². The molecule has 3 heterocycles. The van der Waals surface area contributed by atoms with Crippen molar-refractivity contribution >= 4 is 40.5 Å². The van der Waals surface area contributed by atoms with Gasteiger partial charge >= 0.3 is 12.4 Å². The second-order valence-electron chi connectivity index (χ2n) is 16.0. The summed E-state index contributed by atoms with van der Waals surface area (Å²) in [5, 5.41) is 6.62. The minimum absolute atomic E-state index is 0.0310. The number of carbonyl (C=O) groups excluding carboxylic acids is 1. The fourth-order valence-corrected chi connectivity index (χ4v) is 7.44. The van der Waals surface area contributed by atoms with Crippen molar-refractivity contribution in [1.29, 1.82) is 0 Å². The van der Waals surface area contributed by atoms with E-state index < -0.39 is 29.4 Å². The highest BCUT2D eigenvalue weighted by atomic mass is 35.5. The van der Waals surface area contributed by atoms with E-state index in [0.29, 0.717) is 49.1 Å². The van der Waals surface area contributed by atoms with Gasteiger partial charge in [0.15, 0.2) is 0 Å². The number of hydrogen-bond acceptors (Lipinski definition) is 7. The number of rotatable bonds is 11. The lowest BCUT2D eigenvalue weighted by Crippen LogP contribution is -2.48. The van der Waals surface area contributed by atoms with Gasteiger partial charge < -0.3 is 29.7 Å². The first-order chi connectivity index (χ1) is 29.4. The summed E-state index contributed by atoms with van der Waals surface area (Å²) in [6.07, 6.45) is -3.21. The van der Waals surface area contributed by atoms with Gasteiger partial charge in [-0.15, -0.1) is 0 Å². The van der Waals surface area contributed by atoms with Gasteiger partial charge in [0.2, 0.25) is 5.91 Å². The molecule has 0 spiro atoms. The van der Waals surface area contributed by atoms with Gasteiger partial charge in [-0.05, 0) is 125 Å². The molecular formula is C46H54Cl2F6N4O4. The van der Waals surface area contributed by atoms with E-state index in [1.165, 1.54) is 43.2 Å². The molecule has 0 atom stereocenters. The molecule has 3 saturated heterocycles. The summed E-state index contributed by atoms with van der Waals surface area (Å²) >= 11 is 11.8. The standard InChI is InChI=1S/C21H22ClF3N2O2.C21H24ClF3N2O.C4H8O/c1-20(29-16-8-6-15(22)7-9-16)10-12-27(13-11-20)14-19(28)26-18-5-3-2-4-17(18)21(23,24)25;1-20(28-17-8-6-16(22)7-9-17)10-13-27(14-11-20)15-12-26-19-5-3-2-4-18(19)21(23,24)25;1-2-4-5-3-1/h2-9H,10-14H2,1H3,(H,26,28);2-9,26H,10-15H2,1H3;1-4H2. The van der Waals surface area contributed by atoms with Crippen LogP contribution in [0.1, 0.15) is 63.5 Å². The number of para-hydroxylation sites is 2. The zero-order valence-corrected chi connectivity index (χ0v) is 36.4. The summed E-state index contributed by atoms with van der Waals surface area (Å²) in [6, 6.07) is 25.0. The molecule has 16 heteroatoms. The number of carbonyl (C=O) groups is 1. The minimum atomic E-state index is -4.52. The van der Waals surface area contributed by atoms with Gasteiger partial charge in [-0.25, -0.2) is 0 Å².